The van der Waals surface area contributed by atoms with Gasteiger partial charge in [-0.1, -0.05) is 51.1 Å². The first kappa shape index (κ1) is 30.0. The number of benzene rings is 3. The van der Waals surface area contributed by atoms with Crippen LogP contribution in [0.15, 0.2) is 75.7 Å². The van der Waals surface area contributed by atoms with Gasteiger partial charge in [-0.2, -0.15) is 0 Å². The number of nitrogens with zero attached hydrogens (tertiary/aromatic N) is 4. The number of nitrogens with one attached hydrogen (secondary N) is 1. The highest BCUT2D eigenvalue weighted by atomic mass is 16.4. The molecular formula is C31H37N5O4. The first-order valence-electron chi connectivity index (χ1n) is 13.3. The number of carboxylic acids is 1. The molecule has 210 valence electrons. The van der Waals surface area contributed by atoms with Crippen LogP contribution in [0.1, 0.15) is 48.0 Å². The number of aryl methyl sites for hydroxylation is 3. The standard InChI is InChI=1S/C25H22N4O4.C6H15N/c1-14-10-11-19(12-15(14)2)29-24(31)22(16(3)28-29)27-26-21-9-5-8-20(23(21)30)17-6-4-7-18(13-17)25(32)33;1-4-7(5-2)6-3/h4-13,28,30H,1-3H3,(H,32,33);4-6H2,1-3H3. The number of carboxylic acid groups (broad SMARTS) is 1. The molecule has 9 heteroatoms. The monoisotopic (exact) mass is 543 g/mol. The Kier molecular flexibility index (Phi) is 10.2. The van der Waals surface area contributed by atoms with E-state index in [9.17, 15) is 19.8 Å². The molecule has 0 spiro atoms. The third-order valence-electron chi connectivity index (χ3n) is 6.82. The van der Waals surface area contributed by atoms with Crippen LogP contribution in [0.4, 0.5) is 11.4 Å². The number of hydrogen-bond acceptors (Lipinski definition) is 6. The zero-order valence-corrected chi connectivity index (χ0v) is 23.9. The Balaban J connectivity index is 0.000000559. The molecule has 0 atom stereocenters. The molecule has 0 aliphatic heterocycles. The van der Waals surface area contributed by atoms with E-state index < -0.39 is 5.97 Å². The molecular weight excluding hydrogens is 506 g/mol. The number of hydrogen-bond donors (Lipinski definition) is 3. The van der Waals surface area contributed by atoms with Gasteiger partial charge in [0.2, 0.25) is 0 Å². The Bertz CT molecular complexity index is 1560. The van der Waals surface area contributed by atoms with Crippen LogP contribution in [0.2, 0.25) is 0 Å². The lowest BCUT2D eigenvalue weighted by Crippen LogP contribution is -2.21. The molecule has 4 aromatic rings. The molecule has 0 bridgehead atoms. The van der Waals surface area contributed by atoms with E-state index in [0.717, 1.165) is 11.1 Å². The summed E-state index contributed by atoms with van der Waals surface area (Å²) in [5.41, 5.74) is 4.38. The second-order valence-corrected chi connectivity index (χ2v) is 9.37. The van der Waals surface area contributed by atoms with Crippen molar-refractivity contribution in [2.75, 3.05) is 19.6 Å². The summed E-state index contributed by atoms with van der Waals surface area (Å²) in [5, 5.41) is 31.2. The molecule has 40 heavy (non-hydrogen) atoms. The van der Waals surface area contributed by atoms with E-state index in [4.69, 9.17) is 0 Å². The largest absolute Gasteiger partial charge is 0.505 e. The fourth-order valence-corrected chi connectivity index (χ4v) is 4.14. The number of rotatable bonds is 8. The highest BCUT2D eigenvalue weighted by Gasteiger charge is 2.15. The number of carbonyl (C=O) groups is 1. The number of aromatic nitrogens is 2. The molecule has 4 rings (SSSR count). The Morgan fingerprint density at radius 1 is 0.900 bits per heavy atom. The number of para-hydroxylation sites is 1. The molecule has 3 N–H and O–H groups in total. The Morgan fingerprint density at radius 3 is 2.17 bits per heavy atom. The SMILES string of the molecule is CCN(CC)CC.Cc1ccc(-n2[nH]c(C)c(N=Nc3cccc(-c4cccc(C(=O)O)c4)c3O)c2=O)cc1C. The minimum Gasteiger partial charge on any atom is -0.505 e. The van der Waals surface area contributed by atoms with Crippen molar-refractivity contribution < 1.29 is 15.0 Å². The molecule has 9 nitrogen and oxygen atoms in total. The van der Waals surface area contributed by atoms with Gasteiger partial charge in [-0.15, -0.1) is 10.2 Å². The lowest BCUT2D eigenvalue weighted by molar-refractivity contribution is 0.0697. The van der Waals surface area contributed by atoms with Crippen LogP contribution >= 0.6 is 0 Å². The van der Waals surface area contributed by atoms with Gasteiger partial charge in [0.15, 0.2) is 11.4 Å². The average Bonchev–Trinajstić information content (AvgIpc) is 3.23. The topological polar surface area (TPSA) is 123 Å². The molecule has 1 aromatic heterocycles. The first-order chi connectivity index (χ1) is 19.1. The summed E-state index contributed by atoms with van der Waals surface area (Å²) in [6, 6.07) is 16.8. The Hall–Kier alpha value is -4.50. The molecule has 1 heterocycles. The van der Waals surface area contributed by atoms with Gasteiger partial charge in [-0.25, -0.2) is 9.48 Å². The number of aromatic amines is 1. The van der Waals surface area contributed by atoms with Crippen molar-refractivity contribution >= 4 is 17.3 Å². The van der Waals surface area contributed by atoms with Crippen LogP contribution in [0.25, 0.3) is 16.8 Å². The van der Waals surface area contributed by atoms with E-state index in [0.29, 0.717) is 22.5 Å². The average molecular weight is 544 g/mol. The minimum absolute atomic E-state index is 0.105. The van der Waals surface area contributed by atoms with Gasteiger partial charge < -0.3 is 15.1 Å². The molecule has 3 aromatic carbocycles. The number of aromatic hydroxyl groups is 1. The summed E-state index contributed by atoms with van der Waals surface area (Å²) in [6.07, 6.45) is 0. The van der Waals surface area contributed by atoms with Gasteiger partial charge in [-0.05, 0) is 87.4 Å². The second-order valence-electron chi connectivity index (χ2n) is 9.37. The highest BCUT2D eigenvalue weighted by Crippen LogP contribution is 2.38. The van der Waals surface area contributed by atoms with Crippen LogP contribution in [0.5, 0.6) is 5.75 Å². The quantitative estimate of drug-likeness (QED) is 0.208. The van der Waals surface area contributed by atoms with Gasteiger partial charge in [-0.3, -0.25) is 9.89 Å². The predicted octanol–water partition coefficient (Wildman–Crippen LogP) is 6.93. The lowest BCUT2D eigenvalue weighted by atomic mass is 10.0. The molecule has 0 amide bonds. The Labute approximate surface area is 234 Å². The van der Waals surface area contributed by atoms with Crippen molar-refractivity contribution in [1.29, 1.82) is 0 Å². The number of azo groups is 1. The predicted molar refractivity (Wildman–Crippen MR) is 159 cm³/mol. The van der Waals surface area contributed by atoms with Crippen molar-refractivity contribution in [2.24, 2.45) is 10.2 Å². The van der Waals surface area contributed by atoms with Gasteiger partial charge in [0.1, 0.15) is 5.69 Å². The summed E-state index contributed by atoms with van der Waals surface area (Å²) >= 11 is 0. The van der Waals surface area contributed by atoms with Gasteiger partial charge in [0.25, 0.3) is 5.56 Å². The lowest BCUT2D eigenvalue weighted by Gasteiger charge is -2.13. The van der Waals surface area contributed by atoms with E-state index in [1.807, 2.05) is 32.0 Å². The van der Waals surface area contributed by atoms with E-state index in [-0.39, 0.29) is 28.2 Å². The minimum atomic E-state index is -1.06. The third kappa shape index (κ3) is 6.92. The molecule has 0 unspecified atom stereocenters. The maximum atomic E-state index is 12.9. The smallest absolute Gasteiger partial charge is 0.335 e. The van der Waals surface area contributed by atoms with Gasteiger partial charge in [0, 0.05) is 5.56 Å². The van der Waals surface area contributed by atoms with E-state index in [1.165, 1.54) is 36.4 Å². The zero-order chi connectivity index (χ0) is 29.4. The van der Waals surface area contributed by atoms with Crippen molar-refractivity contribution in [3.63, 3.8) is 0 Å². The number of phenols is 1. The fraction of sp³-hybridized carbons (Fsp3) is 0.290. The van der Waals surface area contributed by atoms with Gasteiger partial charge in [0.05, 0.1) is 16.9 Å². The fourth-order valence-electron chi connectivity index (χ4n) is 4.14. The van der Waals surface area contributed by atoms with Crippen molar-refractivity contribution in [3.05, 3.63) is 93.4 Å². The summed E-state index contributed by atoms with van der Waals surface area (Å²) < 4.78 is 1.41. The maximum absolute atomic E-state index is 12.9. The molecule has 0 saturated heterocycles. The van der Waals surface area contributed by atoms with Crippen molar-refractivity contribution in [3.8, 4) is 22.6 Å². The number of phenolic OH excluding ortho intramolecular Hbond substituents is 1. The molecule has 0 saturated carbocycles. The van der Waals surface area contributed by atoms with Gasteiger partial charge >= 0.3 is 5.97 Å². The number of H-pyrrole nitrogens is 1. The zero-order valence-electron chi connectivity index (χ0n) is 23.9. The number of aromatic carboxylic acids is 1. The van der Waals surface area contributed by atoms with E-state index in [2.05, 4.69) is 41.0 Å². The van der Waals surface area contributed by atoms with E-state index in [1.54, 1.807) is 37.3 Å². The van der Waals surface area contributed by atoms with Crippen LogP contribution in [-0.2, 0) is 0 Å². The van der Waals surface area contributed by atoms with E-state index >= 15 is 0 Å². The summed E-state index contributed by atoms with van der Waals surface area (Å²) in [4.78, 5) is 26.6. The van der Waals surface area contributed by atoms with Crippen LogP contribution in [0, 0.1) is 20.8 Å². The van der Waals surface area contributed by atoms with Crippen molar-refractivity contribution in [1.82, 2.24) is 14.7 Å². The highest BCUT2D eigenvalue weighted by molar-refractivity contribution is 5.90. The second kappa shape index (κ2) is 13.5. The van der Waals surface area contributed by atoms with Crippen LogP contribution in [-0.4, -0.2) is 50.5 Å². The molecule has 0 radical (unpaired) electrons. The molecule has 0 aliphatic carbocycles. The van der Waals surface area contributed by atoms with Crippen LogP contribution < -0.4 is 5.56 Å². The van der Waals surface area contributed by atoms with Crippen molar-refractivity contribution in [2.45, 2.75) is 41.5 Å². The summed E-state index contributed by atoms with van der Waals surface area (Å²) in [6.45, 7) is 15.8. The summed E-state index contributed by atoms with van der Waals surface area (Å²) in [5.74, 6) is -1.22. The van der Waals surface area contributed by atoms with Crippen LogP contribution in [0.3, 0.4) is 0 Å². The first-order valence-corrected chi connectivity index (χ1v) is 13.3. The third-order valence-corrected chi connectivity index (χ3v) is 6.82. The maximum Gasteiger partial charge on any atom is 0.335 e. The molecule has 0 fully saturated rings. The Morgan fingerprint density at radius 2 is 1.57 bits per heavy atom. The summed E-state index contributed by atoms with van der Waals surface area (Å²) in [7, 11) is 0. The molecule has 0 aliphatic rings. The normalized spacial score (nSPS) is 11.1.